The maximum atomic E-state index is 13.4. The molecule has 0 spiro atoms. The number of amides is 1. The number of hydrogen-bond donors (Lipinski definition) is 2. The van der Waals surface area contributed by atoms with Gasteiger partial charge in [0.2, 0.25) is 5.91 Å². The Kier molecular flexibility index (Phi) is 5.33. The molecule has 23 heavy (non-hydrogen) atoms. The predicted molar refractivity (Wildman–Crippen MR) is 77.8 cm³/mol. The lowest BCUT2D eigenvalue weighted by Crippen LogP contribution is -2.30. The Morgan fingerprint density at radius 2 is 1.65 bits per heavy atom. The number of benzene rings is 2. The molecular formula is C16H14F4N2O. The van der Waals surface area contributed by atoms with Gasteiger partial charge in [-0.05, 0) is 36.8 Å². The van der Waals surface area contributed by atoms with Crippen molar-refractivity contribution >= 4 is 11.6 Å². The second-order valence-corrected chi connectivity index (χ2v) is 4.93. The van der Waals surface area contributed by atoms with Crippen molar-refractivity contribution in [2.75, 3.05) is 11.9 Å². The third kappa shape index (κ3) is 4.29. The Bertz CT molecular complexity index is 704. The van der Waals surface area contributed by atoms with Gasteiger partial charge in [-0.3, -0.25) is 4.79 Å². The van der Waals surface area contributed by atoms with E-state index in [0.29, 0.717) is 0 Å². The molecule has 0 saturated heterocycles. The molecule has 1 amide bonds. The van der Waals surface area contributed by atoms with Crippen LogP contribution < -0.4 is 10.6 Å². The van der Waals surface area contributed by atoms with Crippen molar-refractivity contribution < 1.29 is 22.4 Å². The lowest BCUT2D eigenvalue weighted by Gasteiger charge is -2.14. The summed E-state index contributed by atoms with van der Waals surface area (Å²) in [5, 5.41) is 5.01. The molecule has 0 unspecified atom stereocenters. The van der Waals surface area contributed by atoms with Gasteiger partial charge in [-0.2, -0.15) is 0 Å². The Balaban J connectivity index is 1.93. The molecule has 3 nitrogen and oxygen atoms in total. The van der Waals surface area contributed by atoms with Crippen molar-refractivity contribution in [2.45, 2.75) is 13.0 Å². The third-order valence-electron chi connectivity index (χ3n) is 3.25. The zero-order chi connectivity index (χ0) is 17.0. The summed E-state index contributed by atoms with van der Waals surface area (Å²) in [5.74, 6) is -5.42. The van der Waals surface area contributed by atoms with Crippen LogP contribution in [-0.4, -0.2) is 12.5 Å². The van der Waals surface area contributed by atoms with Gasteiger partial charge in [-0.1, -0.05) is 12.1 Å². The lowest BCUT2D eigenvalue weighted by molar-refractivity contribution is -0.115. The molecule has 0 bridgehead atoms. The summed E-state index contributed by atoms with van der Waals surface area (Å²) < 4.78 is 52.1. The first-order chi connectivity index (χ1) is 10.9. The van der Waals surface area contributed by atoms with Gasteiger partial charge in [0.05, 0.1) is 12.2 Å². The number of hydrogen-bond acceptors (Lipinski definition) is 2. The van der Waals surface area contributed by atoms with Gasteiger partial charge in [0, 0.05) is 6.04 Å². The highest BCUT2D eigenvalue weighted by Crippen LogP contribution is 2.19. The summed E-state index contributed by atoms with van der Waals surface area (Å²) >= 11 is 0. The SMILES string of the molecule is C[C@H](NCC(=O)Nc1ccc(F)c(F)c1F)c1ccc(F)cc1. The maximum absolute atomic E-state index is 13.4. The van der Waals surface area contributed by atoms with Gasteiger partial charge < -0.3 is 10.6 Å². The van der Waals surface area contributed by atoms with E-state index < -0.39 is 29.0 Å². The van der Waals surface area contributed by atoms with E-state index in [2.05, 4.69) is 10.6 Å². The Labute approximate surface area is 130 Å². The first-order valence-electron chi connectivity index (χ1n) is 6.80. The molecule has 0 aromatic heterocycles. The van der Waals surface area contributed by atoms with Crippen molar-refractivity contribution in [3.63, 3.8) is 0 Å². The molecule has 1 atom stereocenters. The second-order valence-electron chi connectivity index (χ2n) is 4.93. The van der Waals surface area contributed by atoms with Crippen LogP contribution in [0, 0.1) is 23.3 Å². The second kappa shape index (κ2) is 7.23. The van der Waals surface area contributed by atoms with Crippen LogP contribution in [0.25, 0.3) is 0 Å². The van der Waals surface area contributed by atoms with Crippen LogP contribution in [0.3, 0.4) is 0 Å². The quantitative estimate of drug-likeness (QED) is 0.652. The Morgan fingerprint density at radius 1 is 1.00 bits per heavy atom. The maximum Gasteiger partial charge on any atom is 0.238 e. The first kappa shape index (κ1) is 17.0. The van der Waals surface area contributed by atoms with Crippen LogP contribution in [-0.2, 0) is 4.79 Å². The third-order valence-corrected chi connectivity index (χ3v) is 3.25. The van der Waals surface area contributed by atoms with Gasteiger partial charge in [-0.25, -0.2) is 17.6 Å². The van der Waals surface area contributed by atoms with E-state index >= 15 is 0 Å². The number of halogens is 4. The highest BCUT2D eigenvalue weighted by Gasteiger charge is 2.15. The van der Waals surface area contributed by atoms with Gasteiger partial charge in [0.15, 0.2) is 17.5 Å². The zero-order valence-electron chi connectivity index (χ0n) is 12.2. The standard InChI is InChI=1S/C16H14F4N2O/c1-9(10-2-4-11(17)5-3-10)21-8-14(23)22-13-7-6-12(18)15(19)16(13)20/h2-7,9,21H,8H2,1H3,(H,22,23)/t9-/m0/s1. The Hall–Kier alpha value is -2.41. The van der Waals surface area contributed by atoms with E-state index in [1.807, 2.05) is 0 Å². The van der Waals surface area contributed by atoms with Gasteiger partial charge >= 0.3 is 0 Å². The molecule has 2 aromatic carbocycles. The predicted octanol–water partition coefficient (Wildman–Crippen LogP) is 3.53. The van der Waals surface area contributed by atoms with E-state index in [9.17, 15) is 22.4 Å². The molecule has 0 heterocycles. The minimum Gasteiger partial charge on any atom is -0.322 e. The van der Waals surface area contributed by atoms with E-state index in [0.717, 1.165) is 17.7 Å². The van der Waals surface area contributed by atoms with E-state index in [4.69, 9.17) is 0 Å². The molecular weight excluding hydrogens is 312 g/mol. The molecule has 0 aliphatic heterocycles. The number of carbonyl (C=O) groups is 1. The molecule has 0 radical (unpaired) electrons. The summed E-state index contributed by atoms with van der Waals surface area (Å²) in [7, 11) is 0. The first-order valence-corrected chi connectivity index (χ1v) is 6.80. The fraction of sp³-hybridized carbons (Fsp3) is 0.188. The van der Waals surface area contributed by atoms with Crippen LogP contribution in [0.5, 0.6) is 0 Å². The fourth-order valence-corrected chi connectivity index (χ4v) is 1.93. The van der Waals surface area contributed by atoms with E-state index in [1.54, 1.807) is 19.1 Å². The van der Waals surface area contributed by atoms with Crippen LogP contribution >= 0.6 is 0 Å². The van der Waals surface area contributed by atoms with Gasteiger partial charge in [-0.15, -0.1) is 0 Å². The van der Waals surface area contributed by atoms with Gasteiger partial charge in [0.1, 0.15) is 5.82 Å². The number of carbonyl (C=O) groups excluding carboxylic acids is 1. The monoisotopic (exact) mass is 326 g/mol. The fourth-order valence-electron chi connectivity index (χ4n) is 1.93. The molecule has 0 saturated carbocycles. The summed E-state index contributed by atoms with van der Waals surface area (Å²) in [5.41, 5.74) is 0.323. The largest absolute Gasteiger partial charge is 0.322 e. The molecule has 122 valence electrons. The zero-order valence-corrected chi connectivity index (χ0v) is 12.2. The van der Waals surface area contributed by atoms with Crippen LogP contribution in [0.15, 0.2) is 36.4 Å². The topological polar surface area (TPSA) is 41.1 Å². The molecule has 2 N–H and O–H groups in total. The number of anilines is 1. The van der Waals surface area contributed by atoms with E-state index in [-0.39, 0.29) is 18.4 Å². The highest BCUT2D eigenvalue weighted by atomic mass is 19.2. The van der Waals surface area contributed by atoms with E-state index in [1.165, 1.54) is 12.1 Å². The average Bonchev–Trinajstić information content (AvgIpc) is 2.54. The van der Waals surface area contributed by atoms with Gasteiger partial charge in [0.25, 0.3) is 0 Å². The van der Waals surface area contributed by atoms with Crippen LogP contribution in [0.2, 0.25) is 0 Å². The summed E-state index contributed by atoms with van der Waals surface area (Å²) in [4.78, 5) is 11.7. The number of nitrogens with one attached hydrogen (secondary N) is 2. The lowest BCUT2D eigenvalue weighted by atomic mass is 10.1. The van der Waals surface area contributed by atoms with Crippen LogP contribution in [0.1, 0.15) is 18.5 Å². The summed E-state index contributed by atoms with van der Waals surface area (Å²) in [6, 6.07) is 7.14. The van der Waals surface area contributed by atoms with Crippen molar-refractivity contribution in [3.8, 4) is 0 Å². The van der Waals surface area contributed by atoms with Crippen molar-refractivity contribution in [2.24, 2.45) is 0 Å². The normalized spacial score (nSPS) is 12.0. The van der Waals surface area contributed by atoms with Crippen molar-refractivity contribution in [3.05, 3.63) is 65.2 Å². The molecule has 0 fully saturated rings. The molecule has 2 rings (SSSR count). The molecule has 7 heteroatoms. The Morgan fingerprint density at radius 3 is 2.30 bits per heavy atom. The van der Waals surface area contributed by atoms with Crippen molar-refractivity contribution in [1.29, 1.82) is 0 Å². The minimum absolute atomic E-state index is 0.184. The average molecular weight is 326 g/mol. The van der Waals surface area contributed by atoms with Crippen molar-refractivity contribution in [1.82, 2.24) is 5.32 Å². The summed E-state index contributed by atoms with van der Waals surface area (Å²) in [6.07, 6.45) is 0. The highest BCUT2D eigenvalue weighted by molar-refractivity contribution is 5.92. The molecule has 0 aliphatic rings. The molecule has 0 aliphatic carbocycles. The smallest absolute Gasteiger partial charge is 0.238 e. The van der Waals surface area contributed by atoms with Crippen LogP contribution in [0.4, 0.5) is 23.2 Å². The number of rotatable bonds is 5. The molecule has 2 aromatic rings. The summed E-state index contributed by atoms with van der Waals surface area (Å²) in [6.45, 7) is 1.58. The minimum atomic E-state index is -1.64.